The van der Waals surface area contributed by atoms with E-state index >= 15 is 0 Å². The van der Waals surface area contributed by atoms with Gasteiger partial charge in [0.25, 0.3) is 0 Å². The van der Waals surface area contributed by atoms with Crippen LogP contribution in [-0.4, -0.2) is 53.4 Å². The molecule has 0 radical (unpaired) electrons. The molecule has 2 fully saturated rings. The maximum Gasteiger partial charge on any atom is 0.471 e. The summed E-state index contributed by atoms with van der Waals surface area (Å²) in [5, 5.41) is 8.98. The summed E-state index contributed by atoms with van der Waals surface area (Å²) in [7, 11) is 0. The molecular formula is C16H26F3NO4. The summed E-state index contributed by atoms with van der Waals surface area (Å²) in [6.45, 7) is 4.89. The number of amides is 1. The van der Waals surface area contributed by atoms with Gasteiger partial charge in [-0.25, -0.2) is 0 Å². The van der Waals surface area contributed by atoms with Crippen LogP contribution in [0.3, 0.4) is 0 Å². The lowest BCUT2D eigenvalue weighted by atomic mass is 10.0. The Bertz CT molecular complexity index is 422. The molecule has 140 valence electrons. The van der Waals surface area contributed by atoms with Gasteiger partial charge in [0.1, 0.15) is 0 Å². The van der Waals surface area contributed by atoms with Crippen LogP contribution in [0.4, 0.5) is 13.2 Å². The Balaban J connectivity index is 0.000000891. The van der Waals surface area contributed by atoms with E-state index in [-0.39, 0.29) is 6.42 Å². The van der Waals surface area contributed by atoms with Gasteiger partial charge in [-0.1, -0.05) is 20.3 Å². The second-order valence-electron chi connectivity index (χ2n) is 6.26. The summed E-state index contributed by atoms with van der Waals surface area (Å²) in [6.07, 6.45) is -2.26. The summed E-state index contributed by atoms with van der Waals surface area (Å²) in [6, 6.07) is -1.17. The van der Waals surface area contributed by atoms with Crippen LogP contribution in [0.5, 0.6) is 0 Å². The number of carbonyl (C=O) groups is 2. The van der Waals surface area contributed by atoms with Crippen LogP contribution in [0, 0.1) is 5.92 Å². The first-order valence-corrected chi connectivity index (χ1v) is 8.42. The van der Waals surface area contributed by atoms with Gasteiger partial charge in [0, 0.05) is 25.3 Å². The lowest BCUT2D eigenvalue weighted by Crippen LogP contribution is -2.53. The third-order valence-corrected chi connectivity index (χ3v) is 4.21. The van der Waals surface area contributed by atoms with Gasteiger partial charge < -0.3 is 14.7 Å². The molecule has 24 heavy (non-hydrogen) atoms. The number of carbonyl (C=O) groups excluding carboxylic acids is 1. The van der Waals surface area contributed by atoms with Gasteiger partial charge in [0.2, 0.25) is 0 Å². The van der Waals surface area contributed by atoms with Gasteiger partial charge in [-0.2, -0.15) is 13.2 Å². The van der Waals surface area contributed by atoms with Crippen LogP contribution in [0.1, 0.15) is 52.4 Å². The van der Waals surface area contributed by atoms with Crippen molar-refractivity contribution in [2.75, 3.05) is 13.2 Å². The van der Waals surface area contributed by atoms with Gasteiger partial charge in [-0.3, -0.25) is 9.59 Å². The minimum atomic E-state index is -4.93. The fourth-order valence-corrected chi connectivity index (χ4v) is 3.17. The molecule has 0 aromatic carbocycles. The van der Waals surface area contributed by atoms with Crippen molar-refractivity contribution in [2.45, 2.75) is 70.6 Å². The van der Waals surface area contributed by atoms with Crippen LogP contribution in [-0.2, 0) is 14.3 Å². The minimum Gasteiger partial charge on any atom is -0.481 e. The zero-order valence-corrected chi connectivity index (χ0v) is 14.1. The molecule has 1 amide bonds. The summed E-state index contributed by atoms with van der Waals surface area (Å²) >= 11 is 0. The molecule has 0 spiro atoms. The molecule has 2 aliphatic rings. The van der Waals surface area contributed by atoms with Crippen molar-refractivity contribution < 1.29 is 32.6 Å². The van der Waals surface area contributed by atoms with Crippen molar-refractivity contribution in [3.8, 4) is 0 Å². The summed E-state index contributed by atoms with van der Waals surface area (Å²) in [5.41, 5.74) is 0. The van der Waals surface area contributed by atoms with E-state index in [1.54, 1.807) is 0 Å². The van der Waals surface area contributed by atoms with Crippen molar-refractivity contribution in [1.29, 1.82) is 0 Å². The Morgan fingerprint density at radius 2 is 1.62 bits per heavy atom. The van der Waals surface area contributed by atoms with E-state index in [2.05, 4.69) is 13.8 Å². The monoisotopic (exact) mass is 353 g/mol. The standard InChI is InChI=1S/C13H18F3NO4.C3H8/c14-13(15,16)12(20)17(9-3-5-21-6-4-9)10-2-1-8(7-10)11(18)19;1-3-2/h8-10H,1-7H2,(H,18,19);3H2,1-2H3/t8?,10-;/m1./s1. The Kier molecular flexibility index (Phi) is 7.99. The number of rotatable bonds is 3. The van der Waals surface area contributed by atoms with Crippen LogP contribution in [0.2, 0.25) is 0 Å². The largest absolute Gasteiger partial charge is 0.481 e. The first-order valence-electron chi connectivity index (χ1n) is 8.42. The molecule has 1 saturated heterocycles. The maximum absolute atomic E-state index is 12.8. The average Bonchev–Trinajstić information content (AvgIpc) is 2.98. The first kappa shape index (κ1) is 20.7. The number of ether oxygens (including phenoxy) is 1. The van der Waals surface area contributed by atoms with Crippen molar-refractivity contribution in [2.24, 2.45) is 5.92 Å². The Morgan fingerprint density at radius 1 is 1.08 bits per heavy atom. The van der Waals surface area contributed by atoms with Gasteiger partial charge in [0.15, 0.2) is 0 Å². The Labute approximate surface area is 140 Å². The summed E-state index contributed by atoms with van der Waals surface area (Å²) < 4.78 is 43.6. The molecule has 1 aliphatic carbocycles. The quantitative estimate of drug-likeness (QED) is 0.846. The molecule has 1 N–H and O–H groups in total. The number of nitrogens with zero attached hydrogens (tertiary/aromatic N) is 1. The van der Waals surface area contributed by atoms with Crippen molar-refractivity contribution in [3.05, 3.63) is 0 Å². The molecule has 2 rings (SSSR count). The second-order valence-corrected chi connectivity index (χ2v) is 6.26. The fourth-order valence-electron chi connectivity index (χ4n) is 3.17. The van der Waals surface area contributed by atoms with E-state index in [0.29, 0.717) is 38.9 Å². The predicted molar refractivity (Wildman–Crippen MR) is 81.5 cm³/mol. The molecule has 0 aromatic heterocycles. The van der Waals surface area contributed by atoms with Crippen molar-refractivity contribution in [3.63, 3.8) is 0 Å². The highest BCUT2D eigenvalue weighted by Crippen LogP contribution is 2.35. The van der Waals surface area contributed by atoms with E-state index in [1.807, 2.05) is 0 Å². The number of alkyl halides is 3. The normalized spacial score (nSPS) is 24.9. The van der Waals surface area contributed by atoms with Gasteiger partial charge in [-0.05, 0) is 32.1 Å². The topological polar surface area (TPSA) is 66.8 Å². The lowest BCUT2D eigenvalue weighted by molar-refractivity contribution is -0.192. The molecule has 8 heteroatoms. The highest BCUT2D eigenvalue weighted by atomic mass is 19.4. The van der Waals surface area contributed by atoms with Crippen molar-refractivity contribution in [1.82, 2.24) is 4.90 Å². The molecule has 1 heterocycles. The first-order chi connectivity index (χ1) is 11.2. The minimum absolute atomic E-state index is 0.0918. The second kappa shape index (κ2) is 9.25. The van der Waals surface area contributed by atoms with Crippen LogP contribution < -0.4 is 0 Å². The molecule has 1 aliphatic heterocycles. The molecule has 0 aromatic rings. The number of carboxylic acid groups (broad SMARTS) is 1. The van der Waals surface area contributed by atoms with Crippen LogP contribution in [0.25, 0.3) is 0 Å². The SMILES string of the molecule is CCC.O=C(O)C1CC[C@@H](N(C(=O)C(F)(F)F)C2CCOCC2)C1. The molecular weight excluding hydrogens is 327 g/mol. The van der Waals surface area contributed by atoms with E-state index in [0.717, 1.165) is 4.90 Å². The molecule has 5 nitrogen and oxygen atoms in total. The number of carboxylic acids is 1. The highest BCUT2D eigenvalue weighted by molar-refractivity contribution is 5.82. The van der Waals surface area contributed by atoms with E-state index in [1.165, 1.54) is 6.42 Å². The Hall–Kier alpha value is -1.31. The summed E-state index contributed by atoms with van der Waals surface area (Å²) in [5.74, 6) is -3.53. The fraction of sp³-hybridized carbons (Fsp3) is 0.875. The van der Waals surface area contributed by atoms with Crippen molar-refractivity contribution >= 4 is 11.9 Å². The van der Waals surface area contributed by atoms with Gasteiger partial charge >= 0.3 is 18.1 Å². The maximum atomic E-state index is 12.8. The van der Waals surface area contributed by atoms with Gasteiger partial charge in [0.05, 0.1) is 5.92 Å². The summed E-state index contributed by atoms with van der Waals surface area (Å²) in [4.78, 5) is 23.6. The Morgan fingerprint density at radius 3 is 2.04 bits per heavy atom. The van der Waals surface area contributed by atoms with E-state index < -0.39 is 36.1 Å². The number of hydrogen-bond acceptors (Lipinski definition) is 3. The lowest BCUT2D eigenvalue weighted by Gasteiger charge is -2.38. The number of halogens is 3. The molecule has 1 unspecified atom stereocenters. The zero-order valence-electron chi connectivity index (χ0n) is 14.1. The van der Waals surface area contributed by atoms with E-state index in [4.69, 9.17) is 9.84 Å². The third kappa shape index (κ3) is 5.65. The molecule has 0 bridgehead atoms. The smallest absolute Gasteiger partial charge is 0.471 e. The van der Waals surface area contributed by atoms with Crippen LogP contribution >= 0.6 is 0 Å². The molecule has 2 atom stereocenters. The predicted octanol–water partition coefficient (Wildman–Crippen LogP) is 3.23. The average molecular weight is 353 g/mol. The highest BCUT2D eigenvalue weighted by Gasteiger charge is 2.49. The number of aliphatic carboxylic acids is 1. The van der Waals surface area contributed by atoms with Gasteiger partial charge in [-0.15, -0.1) is 0 Å². The molecule has 1 saturated carbocycles. The third-order valence-electron chi connectivity index (χ3n) is 4.21. The van der Waals surface area contributed by atoms with Crippen LogP contribution in [0.15, 0.2) is 0 Å². The van der Waals surface area contributed by atoms with E-state index in [9.17, 15) is 22.8 Å². The number of hydrogen-bond donors (Lipinski definition) is 1. The zero-order chi connectivity index (χ0) is 18.3.